The summed E-state index contributed by atoms with van der Waals surface area (Å²) in [6, 6.07) is 14.9. The Morgan fingerprint density at radius 3 is 2.76 bits per heavy atom. The third-order valence-electron chi connectivity index (χ3n) is 3.47. The van der Waals surface area contributed by atoms with Gasteiger partial charge in [0.05, 0.1) is 0 Å². The second kappa shape index (κ2) is 6.70. The predicted octanol–water partition coefficient (Wildman–Crippen LogP) is 3.48. The molecule has 0 unspecified atom stereocenters. The van der Waals surface area contributed by atoms with Crippen LogP contribution < -0.4 is 5.32 Å². The summed E-state index contributed by atoms with van der Waals surface area (Å²) in [7, 11) is 2.04. The first-order valence-corrected chi connectivity index (χ1v) is 7.95. The molecule has 0 spiro atoms. The summed E-state index contributed by atoms with van der Waals surface area (Å²) < 4.78 is 2.07. The molecule has 0 aliphatic carbocycles. The molecule has 0 fully saturated rings. The Balaban J connectivity index is 1.50. The van der Waals surface area contributed by atoms with Gasteiger partial charge in [-0.3, -0.25) is 0 Å². The minimum atomic E-state index is 0.919. The highest BCUT2D eigenvalue weighted by Crippen LogP contribution is 2.27. The van der Waals surface area contributed by atoms with Crippen LogP contribution in [0, 0.1) is 0 Å². The fourth-order valence-corrected chi connectivity index (χ4v) is 3.26. The van der Waals surface area contributed by atoms with E-state index in [1.807, 2.05) is 30.8 Å². The molecule has 21 heavy (non-hydrogen) atoms. The second-order valence-corrected chi connectivity index (χ2v) is 6.18. The molecule has 3 aromatic rings. The monoisotopic (exact) mass is 297 g/mol. The molecule has 0 atom stereocenters. The lowest BCUT2D eigenvalue weighted by molar-refractivity contribution is 0.659. The van der Waals surface area contributed by atoms with E-state index >= 15 is 0 Å². The van der Waals surface area contributed by atoms with E-state index in [0.29, 0.717) is 0 Å². The van der Waals surface area contributed by atoms with Gasteiger partial charge < -0.3 is 9.88 Å². The van der Waals surface area contributed by atoms with E-state index in [4.69, 9.17) is 0 Å². The van der Waals surface area contributed by atoms with Gasteiger partial charge in [-0.15, -0.1) is 11.3 Å². The zero-order valence-electron chi connectivity index (χ0n) is 12.1. The van der Waals surface area contributed by atoms with Crippen LogP contribution in [-0.4, -0.2) is 16.1 Å². The average Bonchev–Trinajstić information content (AvgIpc) is 3.14. The van der Waals surface area contributed by atoms with E-state index in [2.05, 4.69) is 57.3 Å². The maximum Gasteiger partial charge on any atom is 0.109 e. The molecule has 0 bridgehead atoms. The van der Waals surface area contributed by atoms with Crippen molar-refractivity contribution in [1.82, 2.24) is 14.9 Å². The highest BCUT2D eigenvalue weighted by Gasteiger charge is 2.03. The molecule has 0 amide bonds. The van der Waals surface area contributed by atoms with Gasteiger partial charge in [0.15, 0.2) is 0 Å². The van der Waals surface area contributed by atoms with E-state index in [-0.39, 0.29) is 0 Å². The van der Waals surface area contributed by atoms with E-state index in [1.165, 1.54) is 15.3 Å². The summed E-state index contributed by atoms with van der Waals surface area (Å²) in [5.41, 5.74) is 1.29. The minimum Gasteiger partial charge on any atom is -0.338 e. The number of nitrogens with zero attached hydrogens (tertiary/aromatic N) is 2. The standard InChI is InChI=1S/C17H19N3S/c1-20-12-11-19-17(20)9-10-18-13-15-7-8-16(21-15)14-5-3-2-4-6-14/h2-8,11-12,18H,9-10,13H2,1H3. The van der Waals surface area contributed by atoms with E-state index < -0.39 is 0 Å². The minimum absolute atomic E-state index is 0.919. The van der Waals surface area contributed by atoms with Crippen molar-refractivity contribution in [3.8, 4) is 10.4 Å². The van der Waals surface area contributed by atoms with E-state index in [1.54, 1.807) is 0 Å². The number of thiophene rings is 1. The van der Waals surface area contributed by atoms with Crippen molar-refractivity contribution in [2.24, 2.45) is 7.05 Å². The van der Waals surface area contributed by atoms with Gasteiger partial charge in [-0.25, -0.2) is 4.98 Å². The first-order chi connectivity index (χ1) is 10.3. The van der Waals surface area contributed by atoms with Crippen LogP contribution in [0.1, 0.15) is 10.7 Å². The summed E-state index contributed by atoms with van der Waals surface area (Å²) in [5.74, 6) is 1.12. The topological polar surface area (TPSA) is 29.9 Å². The van der Waals surface area contributed by atoms with Crippen LogP contribution in [-0.2, 0) is 20.0 Å². The summed E-state index contributed by atoms with van der Waals surface area (Å²) in [4.78, 5) is 7.03. The number of hydrogen-bond donors (Lipinski definition) is 1. The molecule has 0 aliphatic heterocycles. The molecule has 1 N–H and O–H groups in total. The Morgan fingerprint density at radius 1 is 1.14 bits per heavy atom. The smallest absolute Gasteiger partial charge is 0.109 e. The fourth-order valence-electron chi connectivity index (χ4n) is 2.28. The number of hydrogen-bond acceptors (Lipinski definition) is 3. The number of benzene rings is 1. The first-order valence-electron chi connectivity index (χ1n) is 7.14. The third kappa shape index (κ3) is 3.60. The number of nitrogens with one attached hydrogen (secondary N) is 1. The van der Waals surface area contributed by atoms with Gasteiger partial charge in [-0.1, -0.05) is 30.3 Å². The van der Waals surface area contributed by atoms with Gasteiger partial charge in [0.25, 0.3) is 0 Å². The summed E-state index contributed by atoms with van der Waals surface area (Å²) in [6.07, 6.45) is 4.79. The first kappa shape index (κ1) is 14.0. The lowest BCUT2D eigenvalue weighted by Crippen LogP contribution is -2.17. The Morgan fingerprint density at radius 2 is 2.00 bits per heavy atom. The van der Waals surface area contributed by atoms with Crippen LogP contribution in [0.2, 0.25) is 0 Å². The molecule has 2 heterocycles. The van der Waals surface area contributed by atoms with Crippen LogP contribution in [0.15, 0.2) is 54.9 Å². The molecular formula is C17H19N3S. The molecule has 4 heteroatoms. The molecule has 108 valence electrons. The molecule has 1 aromatic carbocycles. The maximum atomic E-state index is 4.33. The summed E-state index contributed by atoms with van der Waals surface area (Å²) in [5, 5.41) is 3.49. The largest absolute Gasteiger partial charge is 0.338 e. The molecule has 0 radical (unpaired) electrons. The van der Waals surface area contributed by atoms with Crippen LogP contribution in [0.4, 0.5) is 0 Å². The van der Waals surface area contributed by atoms with Gasteiger partial charge >= 0.3 is 0 Å². The Bertz CT molecular complexity index is 685. The molecule has 2 aromatic heterocycles. The Hall–Kier alpha value is -1.91. The average molecular weight is 297 g/mol. The van der Waals surface area contributed by atoms with Gasteiger partial charge in [-0.2, -0.15) is 0 Å². The van der Waals surface area contributed by atoms with Crippen LogP contribution in [0.5, 0.6) is 0 Å². The van der Waals surface area contributed by atoms with Gasteiger partial charge in [0.2, 0.25) is 0 Å². The highest BCUT2D eigenvalue weighted by atomic mass is 32.1. The lowest BCUT2D eigenvalue weighted by Gasteiger charge is -2.03. The zero-order valence-corrected chi connectivity index (χ0v) is 12.9. The van der Waals surface area contributed by atoms with Crippen molar-refractivity contribution in [3.05, 3.63) is 65.6 Å². The van der Waals surface area contributed by atoms with Gasteiger partial charge in [-0.05, 0) is 17.7 Å². The predicted molar refractivity (Wildman–Crippen MR) is 88.4 cm³/mol. The van der Waals surface area contributed by atoms with Crippen molar-refractivity contribution >= 4 is 11.3 Å². The number of aromatic nitrogens is 2. The normalized spacial score (nSPS) is 10.9. The molecular weight excluding hydrogens is 278 g/mol. The van der Waals surface area contributed by atoms with Crippen LogP contribution in [0.25, 0.3) is 10.4 Å². The zero-order chi connectivity index (χ0) is 14.5. The molecule has 3 rings (SSSR count). The summed E-state index contributed by atoms with van der Waals surface area (Å²) >= 11 is 1.85. The summed E-state index contributed by atoms with van der Waals surface area (Å²) in [6.45, 7) is 1.87. The SMILES string of the molecule is Cn1ccnc1CCNCc1ccc(-c2ccccc2)s1. The van der Waals surface area contributed by atoms with Crippen LogP contribution in [0.3, 0.4) is 0 Å². The maximum absolute atomic E-state index is 4.33. The van der Waals surface area contributed by atoms with Crippen molar-refractivity contribution < 1.29 is 0 Å². The van der Waals surface area contributed by atoms with Crippen molar-refractivity contribution in [2.75, 3.05) is 6.54 Å². The van der Waals surface area contributed by atoms with Crippen molar-refractivity contribution in [1.29, 1.82) is 0 Å². The van der Waals surface area contributed by atoms with Gasteiger partial charge in [0, 0.05) is 48.7 Å². The van der Waals surface area contributed by atoms with Crippen LogP contribution >= 0.6 is 11.3 Å². The van der Waals surface area contributed by atoms with Crippen molar-refractivity contribution in [2.45, 2.75) is 13.0 Å². The van der Waals surface area contributed by atoms with Gasteiger partial charge in [0.1, 0.15) is 5.82 Å². The Kier molecular flexibility index (Phi) is 4.48. The van der Waals surface area contributed by atoms with E-state index in [9.17, 15) is 0 Å². The number of rotatable bonds is 6. The second-order valence-electron chi connectivity index (χ2n) is 5.01. The third-order valence-corrected chi connectivity index (χ3v) is 4.60. The Labute approximate surface area is 129 Å². The molecule has 0 saturated heterocycles. The van der Waals surface area contributed by atoms with E-state index in [0.717, 1.165) is 25.3 Å². The number of aryl methyl sites for hydroxylation is 1. The molecule has 0 aliphatic rings. The molecule has 3 nitrogen and oxygen atoms in total. The van der Waals surface area contributed by atoms with Crippen molar-refractivity contribution in [3.63, 3.8) is 0 Å². The molecule has 0 saturated carbocycles. The lowest BCUT2D eigenvalue weighted by atomic mass is 10.2. The quantitative estimate of drug-likeness (QED) is 0.706. The number of imidazole rings is 1. The highest BCUT2D eigenvalue weighted by molar-refractivity contribution is 7.15. The fraction of sp³-hybridized carbons (Fsp3) is 0.235.